The van der Waals surface area contributed by atoms with Crippen LogP contribution in [0.5, 0.6) is 0 Å². The van der Waals surface area contributed by atoms with Crippen molar-refractivity contribution >= 4 is 41.7 Å². The molecule has 2 N–H and O–H groups in total. The molecule has 1 saturated heterocycles. The van der Waals surface area contributed by atoms with Crippen molar-refractivity contribution in [3.05, 3.63) is 29.3 Å². The van der Waals surface area contributed by atoms with Crippen LogP contribution >= 0.6 is 35.8 Å². The quantitative estimate of drug-likeness (QED) is 0.698. The fraction of sp³-hybridized carbons (Fsp3) is 0.588. The molecular weight excluding hydrogens is 367 g/mol. The maximum atomic E-state index is 12.4. The van der Waals surface area contributed by atoms with E-state index in [0.29, 0.717) is 18.2 Å². The molecule has 24 heavy (non-hydrogen) atoms. The van der Waals surface area contributed by atoms with Crippen molar-refractivity contribution in [1.82, 2.24) is 10.6 Å². The third kappa shape index (κ3) is 6.45. The number of piperidine rings is 1. The van der Waals surface area contributed by atoms with E-state index in [9.17, 15) is 4.79 Å². The zero-order valence-corrected chi connectivity index (χ0v) is 16.5. The molecule has 4 nitrogen and oxygen atoms in total. The van der Waals surface area contributed by atoms with Gasteiger partial charge in [0.15, 0.2) is 0 Å². The van der Waals surface area contributed by atoms with E-state index in [-0.39, 0.29) is 29.0 Å². The molecule has 1 aliphatic rings. The number of rotatable bonds is 7. The number of benzene rings is 1. The Labute approximate surface area is 159 Å². The lowest BCUT2D eigenvalue weighted by molar-refractivity contribution is -0.121. The van der Waals surface area contributed by atoms with Crippen LogP contribution in [0.2, 0.25) is 5.02 Å². The zero-order chi connectivity index (χ0) is 16.7. The minimum Gasteiger partial charge on any atom is -0.384 e. The van der Waals surface area contributed by atoms with Gasteiger partial charge in [0.1, 0.15) is 0 Å². The molecule has 0 aromatic heterocycles. The maximum Gasteiger partial charge on any atom is 0.233 e. The third-order valence-electron chi connectivity index (χ3n) is 4.25. The lowest BCUT2D eigenvalue weighted by atomic mass is 9.79. The Hall–Kier alpha value is -0.460. The van der Waals surface area contributed by atoms with Gasteiger partial charge in [0, 0.05) is 29.0 Å². The first-order valence-electron chi connectivity index (χ1n) is 7.94. The van der Waals surface area contributed by atoms with Gasteiger partial charge in [0.2, 0.25) is 5.91 Å². The molecule has 1 aliphatic heterocycles. The van der Waals surface area contributed by atoms with E-state index in [4.69, 9.17) is 16.3 Å². The minimum absolute atomic E-state index is 0. The van der Waals surface area contributed by atoms with Gasteiger partial charge in [0.05, 0.1) is 11.9 Å². The van der Waals surface area contributed by atoms with Gasteiger partial charge in [0.25, 0.3) is 0 Å². The number of halogens is 2. The summed E-state index contributed by atoms with van der Waals surface area (Å²) in [7, 11) is 1.73. The Morgan fingerprint density at radius 3 is 2.58 bits per heavy atom. The number of ether oxygens (including phenoxy) is 1. The van der Waals surface area contributed by atoms with Gasteiger partial charge in [-0.15, -0.1) is 24.2 Å². The molecule has 1 aromatic rings. The van der Waals surface area contributed by atoms with Gasteiger partial charge >= 0.3 is 0 Å². The van der Waals surface area contributed by atoms with E-state index in [1.54, 1.807) is 18.9 Å². The lowest BCUT2D eigenvalue weighted by Crippen LogP contribution is -2.48. The lowest BCUT2D eigenvalue weighted by Gasteiger charge is -2.37. The van der Waals surface area contributed by atoms with E-state index in [1.807, 2.05) is 31.2 Å². The summed E-state index contributed by atoms with van der Waals surface area (Å²) in [6.07, 6.45) is 2.06. The van der Waals surface area contributed by atoms with E-state index in [2.05, 4.69) is 10.6 Å². The van der Waals surface area contributed by atoms with Crippen LogP contribution in [-0.2, 0) is 9.53 Å². The first kappa shape index (κ1) is 21.6. The molecule has 0 saturated carbocycles. The molecule has 1 atom stereocenters. The Morgan fingerprint density at radius 1 is 1.38 bits per heavy atom. The third-order valence-corrected chi connectivity index (χ3v) is 5.61. The Morgan fingerprint density at radius 2 is 2.00 bits per heavy atom. The highest BCUT2D eigenvalue weighted by molar-refractivity contribution is 8.00. The summed E-state index contributed by atoms with van der Waals surface area (Å²) in [5.41, 5.74) is 0.0559. The van der Waals surface area contributed by atoms with Crippen LogP contribution in [-0.4, -0.2) is 44.5 Å². The Bertz CT molecular complexity index is 502. The van der Waals surface area contributed by atoms with Crippen molar-refractivity contribution in [1.29, 1.82) is 0 Å². The average Bonchev–Trinajstić information content (AvgIpc) is 2.56. The molecule has 0 spiro atoms. The largest absolute Gasteiger partial charge is 0.384 e. The maximum absolute atomic E-state index is 12.4. The first-order valence-corrected chi connectivity index (χ1v) is 9.20. The molecule has 1 unspecified atom stereocenters. The van der Waals surface area contributed by atoms with Gasteiger partial charge in [-0.2, -0.15) is 0 Å². The monoisotopic (exact) mass is 392 g/mol. The normalized spacial score (nSPS) is 17.6. The van der Waals surface area contributed by atoms with Crippen molar-refractivity contribution in [3.8, 4) is 0 Å². The summed E-state index contributed by atoms with van der Waals surface area (Å²) < 4.78 is 5.39. The Balaban J connectivity index is 0.00000288. The van der Waals surface area contributed by atoms with Crippen LogP contribution in [0.3, 0.4) is 0 Å². The molecule has 136 valence electrons. The number of hydrogen-bond acceptors (Lipinski definition) is 4. The van der Waals surface area contributed by atoms with Gasteiger partial charge in [-0.3, -0.25) is 4.79 Å². The van der Waals surface area contributed by atoms with Gasteiger partial charge in [-0.25, -0.2) is 0 Å². The second-order valence-electron chi connectivity index (χ2n) is 6.11. The van der Waals surface area contributed by atoms with Crippen LogP contribution in [0.15, 0.2) is 29.2 Å². The van der Waals surface area contributed by atoms with Gasteiger partial charge < -0.3 is 15.4 Å². The van der Waals surface area contributed by atoms with Crippen LogP contribution in [0.4, 0.5) is 0 Å². The van der Waals surface area contributed by atoms with Crippen LogP contribution in [0, 0.1) is 5.41 Å². The Kier molecular flexibility index (Phi) is 9.45. The van der Waals surface area contributed by atoms with E-state index in [0.717, 1.165) is 30.8 Å². The highest BCUT2D eigenvalue weighted by Crippen LogP contribution is 2.29. The second kappa shape index (κ2) is 10.5. The van der Waals surface area contributed by atoms with E-state index >= 15 is 0 Å². The number of nitrogens with one attached hydrogen (secondary N) is 2. The van der Waals surface area contributed by atoms with Gasteiger partial charge in [-0.1, -0.05) is 11.6 Å². The van der Waals surface area contributed by atoms with Crippen LogP contribution in [0.25, 0.3) is 0 Å². The van der Waals surface area contributed by atoms with Crippen molar-refractivity contribution in [2.45, 2.75) is 29.9 Å². The molecule has 1 amide bonds. The van der Waals surface area contributed by atoms with Crippen molar-refractivity contribution in [2.75, 3.05) is 33.4 Å². The van der Waals surface area contributed by atoms with E-state index in [1.165, 1.54) is 0 Å². The molecule has 1 fully saturated rings. The summed E-state index contributed by atoms with van der Waals surface area (Å²) >= 11 is 7.43. The summed E-state index contributed by atoms with van der Waals surface area (Å²) in [4.78, 5) is 13.4. The van der Waals surface area contributed by atoms with Crippen molar-refractivity contribution < 1.29 is 9.53 Å². The SMILES string of the molecule is COCC1(CNC(=O)C(C)Sc2ccc(Cl)cc2)CCNCC1.Cl. The first-order chi connectivity index (χ1) is 11.0. The summed E-state index contributed by atoms with van der Waals surface area (Å²) in [6.45, 7) is 5.25. The molecule has 0 radical (unpaired) electrons. The van der Waals surface area contributed by atoms with E-state index < -0.39 is 0 Å². The predicted molar refractivity (Wildman–Crippen MR) is 103 cm³/mol. The summed E-state index contributed by atoms with van der Waals surface area (Å²) in [5.74, 6) is 0.0685. The molecule has 1 heterocycles. The molecule has 2 rings (SSSR count). The number of hydrogen-bond donors (Lipinski definition) is 2. The van der Waals surface area contributed by atoms with Crippen molar-refractivity contribution in [3.63, 3.8) is 0 Å². The number of methoxy groups -OCH3 is 1. The fourth-order valence-electron chi connectivity index (χ4n) is 2.82. The molecule has 0 aliphatic carbocycles. The summed E-state index contributed by atoms with van der Waals surface area (Å²) in [5, 5.41) is 7.04. The van der Waals surface area contributed by atoms with Crippen molar-refractivity contribution in [2.24, 2.45) is 5.41 Å². The number of carbonyl (C=O) groups is 1. The molecule has 7 heteroatoms. The smallest absolute Gasteiger partial charge is 0.233 e. The van der Waals surface area contributed by atoms with Crippen LogP contribution in [0.1, 0.15) is 19.8 Å². The molecular formula is C17H26Cl2N2O2S. The predicted octanol–water partition coefficient (Wildman–Crippen LogP) is 3.37. The minimum atomic E-state index is -0.141. The zero-order valence-electron chi connectivity index (χ0n) is 14.1. The van der Waals surface area contributed by atoms with Gasteiger partial charge in [-0.05, 0) is 57.1 Å². The second-order valence-corrected chi connectivity index (χ2v) is 7.97. The molecule has 0 bridgehead atoms. The molecule has 1 aromatic carbocycles. The number of carbonyl (C=O) groups excluding carboxylic acids is 1. The highest BCUT2D eigenvalue weighted by atomic mass is 35.5. The number of thioether (sulfide) groups is 1. The van der Waals surface area contributed by atoms with Crippen LogP contribution < -0.4 is 10.6 Å². The standard InChI is InChI=1S/C17H25ClN2O2S.ClH/c1-13(23-15-5-3-14(18)4-6-15)16(21)20-11-17(12-22-2)7-9-19-10-8-17;/h3-6,13,19H,7-12H2,1-2H3,(H,20,21);1H. The average molecular weight is 393 g/mol. The highest BCUT2D eigenvalue weighted by Gasteiger charge is 2.33. The summed E-state index contributed by atoms with van der Waals surface area (Å²) in [6, 6.07) is 7.57. The number of amides is 1. The fourth-order valence-corrected chi connectivity index (χ4v) is 3.84. The topological polar surface area (TPSA) is 50.4 Å².